The maximum Gasteiger partial charge on any atom is 0.533 e. The van der Waals surface area contributed by atoms with Crippen LogP contribution in [0.1, 0.15) is 141 Å². The van der Waals surface area contributed by atoms with Crippen LogP contribution in [0.3, 0.4) is 0 Å². The van der Waals surface area contributed by atoms with Crippen molar-refractivity contribution < 1.29 is 115 Å². The number of hydroxylamine groups is 2. The van der Waals surface area contributed by atoms with E-state index in [-0.39, 0.29) is 171 Å². The van der Waals surface area contributed by atoms with Gasteiger partial charge in [-0.1, -0.05) is 65.7 Å². The van der Waals surface area contributed by atoms with Crippen LogP contribution in [0.15, 0.2) is 60.7 Å². The summed E-state index contributed by atoms with van der Waals surface area (Å²) in [5.41, 5.74) is 7.16. The van der Waals surface area contributed by atoms with Crippen LogP contribution in [0.2, 0.25) is 0 Å². The standard InChI is InChI=1S/C28H34N2O7.C24H34N2O7.C15H17NO5.C12H21N3O5/c1-22(31)35-21-25-17-30(16-15-29(25)18-28(34)37-20-24-11-6-3-7-12-24)26(32)13-8-14-27(33)36-19-23-9-4-2-5-10-23;1-17(27)32-15-18-13-26(12-11-25(18)14-23(29)30)22(28)9-6-10-24(31)33-16-21-19-7-4-2-3-5-8-20(19)21;17-13-7-8-14(18)16(13)21-15(19)20-9-12-10-5-3-1-2-4-6-11(10)12;1-9(16)20-8-10-6-15(11(17)2-3-13)5-4-14(10)7-12(18)19/h2-7,9-12,25H,8,13-21H2,1H3;18-21H,4-16H2,1H3,(H,29,30);10-12H,3-9H2;10H,2-8,13H2,1H3,(H,18,19)/t;18?,19-,20+,21?;10-,11+,12?;. The number of carbonyl (C=O) groups is 14. The van der Waals surface area contributed by atoms with Gasteiger partial charge in [-0.2, -0.15) is 0 Å². The minimum Gasteiger partial charge on any atom is -0.480 e. The lowest BCUT2D eigenvalue weighted by Gasteiger charge is -2.40. The Morgan fingerprint density at radius 3 is 1.14 bits per heavy atom. The van der Waals surface area contributed by atoms with E-state index in [1.165, 1.54) is 20.8 Å². The molecule has 5 unspecified atom stereocenters. The molecule has 4 aliphatic heterocycles. The summed E-state index contributed by atoms with van der Waals surface area (Å²) in [4.78, 5) is 178. The molecule has 111 heavy (non-hydrogen) atoms. The molecule has 9 atom stereocenters. The number of amides is 5. The second-order valence-electron chi connectivity index (χ2n) is 28.4. The Kier molecular flexibility index (Phi) is 37.0. The molecule has 2 saturated carbocycles. The number of nitrogens with two attached hydrogens (primary N) is 1. The molecule has 0 radical (unpaired) electrons. The maximum atomic E-state index is 12.8. The molecule has 4 N–H and O–H groups in total. The van der Waals surface area contributed by atoms with Crippen molar-refractivity contribution in [3.63, 3.8) is 0 Å². The van der Waals surface area contributed by atoms with E-state index in [0.717, 1.165) is 62.5 Å². The average Bonchev–Trinajstić information content (AvgIpc) is 1.64. The van der Waals surface area contributed by atoms with Crippen LogP contribution < -0.4 is 5.73 Å². The summed E-state index contributed by atoms with van der Waals surface area (Å²) < 4.78 is 36.4. The monoisotopic (exact) mass is 1550 g/mol. The molecule has 2 aromatic rings. The molecule has 32 nitrogen and oxygen atoms in total. The minimum atomic E-state index is -0.978. The molecule has 0 bridgehead atoms. The van der Waals surface area contributed by atoms with Crippen LogP contribution in [0.5, 0.6) is 0 Å². The van der Waals surface area contributed by atoms with Gasteiger partial charge in [0.05, 0.1) is 51.0 Å². The Balaban J connectivity index is 0.000000212. The highest BCUT2D eigenvalue weighted by Gasteiger charge is 2.51. The number of rotatable bonds is 31. The highest BCUT2D eigenvalue weighted by Crippen LogP contribution is 2.53. The molecule has 0 spiro atoms. The number of piperazine rings is 3. The number of carbonyl (C=O) groups excluding carboxylic acids is 12. The van der Waals surface area contributed by atoms with Crippen LogP contribution in [0, 0.1) is 59.2 Å². The fraction of sp³-hybridized carbons (Fsp3) is 0.620. The van der Waals surface area contributed by atoms with Crippen molar-refractivity contribution in [2.24, 2.45) is 41.2 Å². The lowest BCUT2D eigenvalue weighted by molar-refractivity contribution is -0.177. The van der Waals surface area contributed by atoms with Gasteiger partial charge in [0.15, 0.2) is 0 Å². The topological polar surface area (TPSA) is 402 Å². The number of carboxylic acids is 2. The first-order chi connectivity index (χ1) is 53.3. The van der Waals surface area contributed by atoms with Gasteiger partial charge in [0.2, 0.25) is 17.7 Å². The number of benzene rings is 2. The van der Waals surface area contributed by atoms with Gasteiger partial charge in [0.25, 0.3) is 11.8 Å². The summed E-state index contributed by atoms with van der Waals surface area (Å²) in [6, 6.07) is 17.8. The number of hydrogen-bond acceptors (Lipinski definition) is 26. The van der Waals surface area contributed by atoms with E-state index in [1.54, 1.807) is 24.5 Å². The van der Waals surface area contributed by atoms with Crippen molar-refractivity contribution in [2.45, 2.75) is 161 Å². The van der Waals surface area contributed by atoms with Crippen molar-refractivity contribution in [2.75, 3.05) is 118 Å². The average molecular weight is 1550 g/mol. The molecule has 8 aliphatic rings. The molecular weight excluding hydrogens is 1440 g/mol. The lowest BCUT2D eigenvalue weighted by atomic mass is 10.1. The predicted octanol–water partition coefficient (Wildman–Crippen LogP) is 4.16. The SMILES string of the molecule is CC(=O)OCC1CN(C(=O)CCCC(=O)OCC2[C@H]3CCC#CCC[C@@H]23)CCN1CC(=O)O.CC(=O)OCC1CN(C(=O)CCCC(=O)OCc2ccccc2)CCN1CC(=O)OCc1ccccc1.CC(=O)OCC1CN(C(=O)CCN)CCN1CC(=O)O.O=C(OCC1[C@H]2CCC#CCC[C@@H]12)ON1C(=O)CCC1=O. The lowest BCUT2D eigenvalue weighted by Crippen LogP contribution is -2.57. The van der Waals surface area contributed by atoms with E-state index in [9.17, 15) is 67.1 Å². The van der Waals surface area contributed by atoms with Gasteiger partial charge in [-0.15, -0.1) is 23.7 Å². The first kappa shape index (κ1) is 88.2. The first-order valence-corrected chi connectivity index (χ1v) is 38.1. The number of imide groups is 1. The van der Waals surface area contributed by atoms with E-state index in [2.05, 4.69) is 28.5 Å². The Hall–Kier alpha value is -10.0. The number of nitrogens with zero attached hydrogens (tertiary/aromatic N) is 7. The summed E-state index contributed by atoms with van der Waals surface area (Å²) in [6.45, 7) is 8.75. The van der Waals surface area contributed by atoms with Crippen molar-refractivity contribution in [1.82, 2.24) is 34.5 Å². The summed E-state index contributed by atoms with van der Waals surface area (Å²) in [5.74, 6) is 10.4. The zero-order valence-corrected chi connectivity index (χ0v) is 63.7. The van der Waals surface area contributed by atoms with Crippen LogP contribution in [0.25, 0.3) is 0 Å². The van der Waals surface area contributed by atoms with E-state index in [4.69, 9.17) is 49.1 Å². The molecule has 4 saturated heterocycles. The number of fused-ring (bicyclic) bond motifs is 2. The zero-order valence-electron chi connectivity index (χ0n) is 63.7. The summed E-state index contributed by atoms with van der Waals surface area (Å²) in [6.07, 6.45) is 8.96. The molecular formula is C79H106N8O24. The van der Waals surface area contributed by atoms with Gasteiger partial charge in [0, 0.05) is 157 Å². The maximum absolute atomic E-state index is 12.8. The third kappa shape index (κ3) is 31.7. The number of ether oxygens (including phenoxy) is 7. The number of hydrogen-bond donors (Lipinski definition) is 3. The molecule has 4 heterocycles. The van der Waals surface area contributed by atoms with Crippen LogP contribution >= 0.6 is 0 Å². The third-order valence-electron chi connectivity index (χ3n) is 20.4. The Morgan fingerprint density at radius 1 is 0.423 bits per heavy atom. The summed E-state index contributed by atoms with van der Waals surface area (Å²) >= 11 is 0. The largest absolute Gasteiger partial charge is 0.533 e. The van der Waals surface area contributed by atoms with Crippen LogP contribution in [0.4, 0.5) is 4.79 Å². The Bertz CT molecular complexity index is 3580. The van der Waals surface area contributed by atoms with Gasteiger partial charge in [0.1, 0.15) is 33.0 Å². The highest BCUT2D eigenvalue weighted by molar-refractivity contribution is 6.01. The van der Waals surface area contributed by atoms with E-state index >= 15 is 0 Å². The molecule has 606 valence electrons. The zero-order chi connectivity index (χ0) is 80.2. The van der Waals surface area contributed by atoms with Gasteiger partial charge in [-0.3, -0.25) is 81.9 Å². The summed E-state index contributed by atoms with van der Waals surface area (Å²) in [5, 5.41) is 18.5. The third-order valence-corrected chi connectivity index (χ3v) is 20.4. The number of aliphatic carboxylic acids is 2. The number of carboxylic acid groups (broad SMARTS) is 2. The van der Waals surface area contributed by atoms with E-state index in [1.807, 2.05) is 65.6 Å². The van der Waals surface area contributed by atoms with Crippen LogP contribution in [-0.2, 0) is 114 Å². The molecule has 10 rings (SSSR count). The molecule has 4 aliphatic carbocycles. The van der Waals surface area contributed by atoms with Crippen molar-refractivity contribution >= 4 is 83.4 Å². The fourth-order valence-electron chi connectivity index (χ4n) is 14.3. The van der Waals surface area contributed by atoms with E-state index < -0.39 is 47.8 Å². The second-order valence-corrected chi connectivity index (χ2v) is 28.4. The smallest absolute Gasteiger partial charge is 0.480 e. The molecule has 6 fully saturated rings. The minimum absolute atomic E-state index is 0.0357. The molecule has 5 amide bonds. The molecule has 32 heteroatoms. The van der Waals surface area contributed by atoms with E-state index in [0.29, 0.717) is 112 Å². The van der Waals surface area contributed by atoms with Gasteiger partial charge < -0.3 is 63.8 Å². The molecule has 2 aromatic carbocycles. The Morgan fingerprint density at radius 2 is 0.775 bits per heavy atom. The van der Waals surface area contributed by atoms with Gasteiger partial charge in [-0.05, 0) is 85.2 Å². The van der Waals surface area contributed by atoms with Crippen LogP contribution in [-0.4, -0.2) is 264 Å². The van der Waals surface area contributed by atoms with Crippen molar-refractivity contribution in [3.8, 4) is 23.7 Å². The number of esters is 6. The predicted molar refractivity (Wildman–Crippen MR) is 393 cm³/mol. The molecule has 0 aromatic heterocycles. The van der Waals surface area contributed by atoms with Crippen molar-refractivity contribution in [3.05, 3.63) is 71.8 Å². The van der Waals surface area contributed by atoms with Gasteiger partial charge >= 0.3 is 53.9 Å². The normalized spacial score (nSPS) is 22.5. The quantitative estimate of drug-likeness (QED) is 0.0413. The van der Waals surface area contributed by atoms with Crippen molar-refractivity contribution in [1.29, 1.82) is 0 Å². The highest BCUT2D eigenvalue weighted by atomic mass is 16.8. The Labute approximate surface area is 646 Å². The fourth-order valence-corrected chi connectivity index (χ4v) is 14.3. The second kappa shape index (κ2) is 46.6. The summed E-state index contributed by atoms with van der Waals surface area (Å²) in [7, 11) is 0. The first-order valence-electron chi connectivity index (χ1n) is 38.1. The van der Waals surface area contributed by atoms with Gasteiger partial charge in [-0.25, -0.2) is 4.79 Å².